The number of anilines is 1. The van der Waals surface area contributed by atoms with E-state index in [1.165, 1.54) is 6.20 Å². The number of imidazole rings is 1. The quantitative estimate of drug-likeness (QED) is 0.573. The van der Waals surface area contributed by atoms with Crippen molar-refractivity contribution >= 4 is 29.7 Å². The molecule has 0 spiro atoms. The third-order valence-corrected chi connectivity index (χ3v) is 4.41. The van der Waals surface area contributed by atoms with Crippen LogP contribution in [-0.2, 0) is 11.2 Å². The molecule has 27 heavy (non-hydrogen) atoms. The lowest BCUT2D eigenvalue weighted by molar-refractivity contribution is -0.115. The number of nitrogens with one attached hydrogen (secondary N) is 3. The molecule has 0 saturated heterocycles. The summed E-state index contributed by atoms with van der Waals surface area (Å²) < 4.78 is 2.04. The van der Waals surface area contributed by atoms with Crippen molar-refractivity contribution < 1.29 is 9.59 Å². The number of rotatable bonds is 6. The summed E-state index contributed by atoms with van der Waals surface area (Å²) in [7, 11) is 0. The van der Waals surface area contributed by atoms with Crippen LogP contribution in [0.5, 0.6) is 0 Å². The molecule has 0 aliphatic heterocycles. The molecule has 6 nitrogen and oxygen atoms in total. The maximum absolute atomic E-state index is 12.6. The normalized spacial score (nSPS) is 10.4. The van der Waals surface area contributed by atoms with Gasteiger partial charge in [-0.25, -0.2) is 0 Å². The minimum absolute atomic E-state index is 0.135. The fourth-order valence-electron chi connectivity index (χ4n) is 2.77. The van der Waals surface area contributed by atoms with Crippen molar-refractivity contribution in [1.82, 2.24) is 14.9 Å². The van der Waals surface area contributed by atoms with Crippen molar-refractivity contribution in [3.05, 3.63) is 76.8 Å². The molecule has 0 radical (unpaired) electrons. The van der Waals surface area contributed by atoms with Crippen molar-refractivity contribution in [2.24, 2.45) is 0 Å². The van der Waals surface area contributed by atoms with Crippen molar-refractivity contribution in [1.29, 1.82) is 0 Å². The van der Waals surface area contributed by atoms with E-state index in [-0.39, 0.29) is 18.4 Å². The topological polar surface area (TPSA) is 78.9 Å². The third kappa shape index (κ3) is 4.32. The first-order valence-electron chi connectivity index (χ1n) is 8.62. The minimum Gasteiger partial charge on any atom is -0.342 e. The molecule has 0 bridgehead atoms. The van der Waals surface area contributed by atoms with E-state index in [9.17, 15) is 9.59 Å². The first-order chi connectivity index (χ1) is 13.1. The van der Waals surface area contributed by atoms with Gasteiger partial charge in [-0.05, 0) is 42.4 Å². The van der Waals surface area contributed by atoms with Crippen LogP contribution in [0.15, 0.2) is 60.8 Å². The summed E-state index contributed by atoms with van der Waals surface area (Å²) in [6, 6.07) is 16.9. The average molecular weight is 380 g/mol. The number of carbonyl (C=O) groups is 2. The van der Waals surface area contributed by atoms with E-state index in [1.54, 1.807) is 4.57 Å². The summed E-state index contributed by atoms with van der Waals surface area (Å²) >= 11 is 5.27. The first-order valence-corrected chi connectivity index (χ1v) is 9.02. The molecular formula is C20H20N4O2S. The van der Waals surface area contributed by atoms with Gasteiger partial charge in [0.1, 0.15) is 5.69 Å². The number of nitrogens with zero attached hydrogens (tertiary/aromatic N) is 1. The van der Waals surface area contributed by atoms with E-state index in [0.717, 1.165) is 23.4 Å². The lowest BCUT2D eigenvalue weighted by Gasteiger charge is -2.11. The standard InChI is InChI=1S/C20H20N4O2S/c1-2-14-8-6-7-11-16(14)23-18(25)13-21-19(26)17-12-22-20(27)24(17)15-9-4-3-5-10-15/h3-12H,2,13H2,1H3,(H,21,26)(H,22,27)(H,23,25). The van der Waals surface area contributed by atoms with Crippen LogP contribution in [-0.4, -0.2) is 27.9 Å². The number of aromatic nitrogens is 2. The van der Waals surface area contributed by atoms with Gasteiger partial charge in [0.05, 0.1) is 6.54 Å². The largest absolute Gasteiger partial charge is 0.342 e. The lowest BCUT2D eigenvalue weighted by atomic mass is 10.1. The highest BCUT2D eigenvalue weighted by molar-refractivity contribution is 7.71. The Morgan fingerprint density at radius 1 is 1.07 bits per heavy atom. The van der Waals surface area contributed by atoms with Gasteiger partial charge in [0.2, 0.25) is 5.91 Å². The molecule has 3 rings (SSSR count). The fraction of sp³-hybridized carbons (Fsp3) is 0.150. The van der Waals surface area contributed by atoms with E-state index in [1.807, 2.05) is 61.5 Å². The summed E-state index contributed by atoms with van der Waals surface area (Å²) in [4.78, 5) is 27.6. The number of aromatic amines is 1. The number of hydrogen-bond donors (Lipinski definition) is 3. The van der Waals surface area contributed by atoms with E-state index < -0.39 is 0 Å². The molecule has 7 heteroatoms. The smallest absolute Gasteiger partial charge is 0.270 e. The highest BCUT2D eigenvalue weighted by atomic mass is 32.1. The van der Waals surface area contributed by atoms with Gasteiger partial charge in [0.15, 0.2) is 4.77 Å². The van der Waals surface area contributed by atoms with Crippen LogP contribution in [0, 0.1) is 4.77 Å². The average Bonchev–Trinajstić information content (AvgIpc) is 3.08. The number of para-hydroxylation sites is 2. The van der Waals surface area contributed by atoms with E-state index in [2.05, 4.69) is 15.6 Å². The number of aryl methyl sites for hydroxylation is 1. The van der Waals surface area contributed by atoms with Gasteiger partial charge in [0.25, 0.3) is 5.91 Å². The SMILES string of the molecule is CCc1ccccc1NC(=O)CNC(=O)c1c[nH]c(=S)n1-c1ccccc1. The zero-order chi connectivity index (χ0) is 19.2. The molecule has 0 atom stereocenters. The molecule has 1 aromatic heterocycles. The number of H-pyrrole nitrogens is 1. The van der Waals surface area contributed by atoms with E-state index in [4.69, 9.17) is 12.2 Å². The van der Waals surface area contributed by atoms with Gasteiger partial charge in [-0.2, -0.15) is 0 Å². The summed E-state index contributed by atoms with van der Waals surface area (Å²) in [6.07, 6.45) is 2.35. The van der Waals surface area contributed by atoms with Gasteiger partial charge in [0, 0.05) is 17.6 Å². The van der Waals surface area contributed by atoms with Crippen LogP contribution in [0.4, 0.5) is 5.69 Å². The molecule has 1 heterocycles. The van der Waals surface area contributed by atoms with Gasteiger partial charge in [-0.3, -0.25) is 14.2 Å². The second-order valence-electron chi connectivity index (χ2n) is 5.89. The molecule has 2 aromatic carbocycles. The zero-order valence-electron chi connectivity index (χ0n) is 14.9. The number of amides is 2. The molecule has 0 unspecified atom stereocenters. The Labute approximate surface area is 162 Å². The molecule has 3 N–H and O–H groups in total. The second kappa shape index (κ2) is 8.46. The van der Waals surface area contributed by atoms with Crippen LogP contribution in [0.25, 0.3) is 5.69 Å². The summed E-state index contributed by atoms with van der Waals surface area (Å²) in [5.74, 6) is -0.672. The Bertz CT molecular complexity index is 1010. The first kappa shape index (κ1) is 18.6. The van der Waals surface area contributed by atoms with Crippen LogP contribution in [0.1, 0.15) is 23.0 Å². The number of hydrogen-bond acceptors (Lipinski definition) is 3. The van der Waals surface area contributed by atoms with Crippen LogP contribution < -0.4 is 10.6 Å². The Morgan fingerprint density at radius 2 is 1.78 bits per heavy atom. The predicted octanol–water partition coefficient (Wildman–Crippen LogP) is 3.47. The number of carbonyl (C=O) groups excluding carboxylic acids is 2. The third-order valence-electron chi connectivity index (χ3n) is 4.11. The van der Waals surface area contributed by atoms with Gasteiger partial charge in [-0.15, -0.1) is 0 Å². The second-order valence-corrected chi connectivity index (χ2v) is 6.28. The zero-order valence-corrected chi connectivity index (χ0v) is 15.7. The molecule has 138 valence electrons. The molecule has 0 aliphatic carbocycles. The maximum atomic E-state index is 12.6. The predicted molar refractivity (Wildman–Crippen MR) is 108 cm³/mol. The molecule has 0 saturated carbocycles. The maximum Gasteiger partial charge on any atom is 0.270 e. The van der Waals surface area contributed by atoms with Crippen molar-refractivity contribution in [3.8, 4) is 5.69 Å². The Hall–Kier alpha value is -3.19. The summed E-state index contributed by atoms with van der Waals surface area (Å²) in [5.41, 5.74) is 2.91. The molecule has 2 amide bonds. The Kier molecular flexibility index (Phi) is 5.83. The fourth-order valence-corrected chi connectivity index (χ4v) is 3.03. The number of benzene rings is 2. The monoisotopic (exact) mass is 380 g/mol. The van der Waals surface area contributed by atoms with E-state index in [0.29, 0.717) is 10.5 Å². The minimum atomic E-state index is -0.384. The van der Waals surface area contributed by atoms with Gasteiger partial charge < -0.3 is 15.6 Å². The molecule has 0 aliphatic rings. The van der Waals surface area contributed by atoms with Gasteiger partial charge in [-0.1, -0.05) is 43.3 Å². The van der Waals surface area contributed by atoms with Crippen molar-refractivity contribution in [3.63, 3.8) is 0 Å². The summed E-state index contributed by atoms with van der Waals surface area (Å²) in [6.45, 7) is 1.89. The van der Waals surface area contributed by atoms with Crippen molar-refractivity contribution in [2.45, 2.75) is 13.3 Å². The summed E-state index contributed by atoms with van der Waals surface area (Å²) in [5, 5.41) is 5.47. The van der Waals surface area contributed by atoms with E-state index >= 15 is 0 Å². The Balaban J connectivity index is 1.68. The van der Waals surface area contributed by atoms with Gasteiger partial charge >= 0.3 is 0 Å². The van der Waals surface area contributed by atoms with Crippen LogP contribution >= 0.6 is 12.2 Å². The highest BCUT2D eigenvalue weighted by Crippen LogP contribution is 2.15. The van der Waals surface area contributed by atoms with Crippen LogP contribution in [0.3, 0.4) is 0 Å². The highest BCUT2D eigenvalue weighted by Gasteiger charge is 2.15. The molecule has 3 aromatic rings. The Morgan fingerprint density at radius 3 is 2.52 bits per heavy atom. The van der Waals surface area contributed by atoms with Crippen molar-refractivity contribution in [2.75, 3.05) is 11.9 Å². The molecular weight excluding hydrogens is 360 g/mol. The van der Waals surface area contributed by atoms with Crippen LogP contribution in [0.2, 0.25) is 0 Å². The molecule has 0 fully saturated rings. The lowest BCUT2D eigenvalue weighted by Crippen LogP contribution is -2.34.